The predicted molar refractivity (Wildman–Crippen MR) is 86.0 cm³/mol. The summed E-state index contributed by atoms with van der Waals surface area (Å²) in [5.74, 6) is 0.239. The number of urea groups is 1. The molecule has 0 aromatic heterocycles. The molecule has 1 aliphatic heterocycles. The standard InChI is InChI=1S/C17H22N2O4/c1-4-5-9-23-16(20)14-11(2)18-17(21)19-15(14)12-7-6-8-13(10-12)22-3/h6-8,10,15H,4-5,9H2,1-3H3,(H2,18,19,21)/t15-/m1/s1. The number of hydrogen-bond donors (Lipinski definition) is 2. The summed E-state index contributed by atoms with van der Waals surface area (Å²) in [4.78, 5) is 24.2. The van der Waals surface area contributed by atoms with E-state index in [-0.39, 0.29) is 6.03 Å². The third kappa shape index (κ3) is 4.03. The molecule has 1 atom stereocenters. The molecular weight excluding hydrogens is 296 g/mol. The number of unbranched alkanes of at least 4 members (excludes halogenated alkanes) is 1. The Balaban J connectivity index is 2.32. The Labute approximate surface area is 135 Å². The highest BCUT2D eigenvalue weighted by atomic mass is 16.5. The summed E-state index contributed by atoms with van der Waals surface area (Å²) in [5.41, 5.74) is 1.68. The van der Waals surface area contributed by atoms with Crippen molar-refractivity contribution in [2.45, 2.75) is 32.7 Å². The highest BCUT2D eigenvalue weighted by Crippen LogP contribution is 2.29. The van der Waals surface area contributed by atoms with E-state index >= 15 is 0 Å². The van der Waals surface area contributed by atoms with Gasteiger partial charge in [0.25, 0.3) is 0 Å². The number of nitrogens with one attached hydrogen (secondary N) is 2. The lowest BCUT2D eigenvalue weighted by Gasteiger charge is -2.28. The highest BCUT2D eigenvalue weighted by Gasteiger charge is 2.32. The van der Waals surface area contributed by atoms with Gasteiger partial charge in [-0.25, -0.2) is 9.59 Å². The van der Waals surface area contributed by atoms with E-state index in [0.29, 0.717) is 23.6 Å². The summed E-state index contributed by atoms with van der Waals surface area (Å²) < 4.78 is 10.5. The van der Waals surface area contributed by atoms with Crippen LogP contribution in [-0.2, 0) is 9.53 Å². The predicted octanol–water partition coefficient (Wildman–Crippen LogP) is 2.67. The molecule has 0 spiro atoms. The van der Waals surface area contributed by atoms with Gasteiger partial charge in [0.1, 0.15) is 5.75 Å². The van der Waals surface area contributed by atoms with Crippen LogP contribution in [-0.4, -0.2) is 25.7 Å². The summed E-state index contributed by atoms with van der Waals surface area (Å²) in [6.45, 7) is 4.09. The van der Waals surface area contributed by atoms with Crippen molar-refractivity contribution in [1.82, 2.24) is 10.6 Å². The number of benzene rings is 1. The van der Waals surface area contributed by atoms with Crippen LogP contribution in [0, 0.1) is 0 Å². The number of esters is 1. The fourth-order valence-electron chi connectivity index (χ4n) is 2.42. The van der Waals surface area contributed by atoms with Crippen molar-refractivity contribution in [2.24, 2.45) is 0 Å². The van der Waals surface area contributed by atoms with Crippen molar-refractivity contribution in [1.29, 1.82) is 0 Å². The van der Waals surface area contributed by atoms with Crippen molar-refractivity contribution in [3.05, 3.63) is 41.1 Å². The van der Waals surface area contributed by atoms with Gasteiger partial charge in [-0.1, -0.05) is 25.5 Å². The number of amides is 2. The first-order valence-electron chi connectivity index (χ1n) is 7.66. The lowest BCUT2D eigenvalue weighted by atomic mass is 9.95. The molecule has 1 aromatic carbocycles. The Morgan fingerprint density at radius 2 is 2.13 bits per heavy atom. The molecule has 0 saturated carbocycles. The van der Waals surface area contributed by atoms with Crippen LogP contribution >= 0.6 is 0 Å². The number of allylic oxidation sites excluding steroid dienone is 1. The largest absolute Gasteiger partial charge is 0.497 e. The molecule has 124 valence electrons. The maximum atomic E-state index is 12.4. The molecule has 0 saturated heterocycles. The van der Waals surface area contributed by atoms with Crippen molar-refractivity contribution < 1.29 is 19.1 Å². The lowest BCUT2D eigenvalue weighted by Crippen LogP contribution is -2.45. The van der Waals surface area contributed by atoms with Gasteiger partial charge < -0.3 is 20.1 Å². The molecule has 2 N–H and O–H groups in total. The molecule has 0 radical (unpaired) electrons. The molecule has 0 unspecified atom stereocenters. The van der Waals surface area contributed by atoms with Crippen LogP contribution in [0.2, 0.25) is 0 Å². The first kappa shape index (κ1) is 16.9. The number of ether oxygens (including phenoxy) is 2. The van der Waals surface area contributed by atoms with E-state index < -0.39 is 12.0 Å². The van der Waals surface area contributed by atoms with Crippen molar-refractivity contribution in [3.63, 3.8) is 0 Å². The minimum absolute atomic E-state index is 0.347. The second-order valence-electron chi connectivity index (χ2n) is 5.34. The molecule has 0 bridgehead atoms. The van der Waals surface area contributed by atoms with Gasteiger partial charge in [0.2, 0.25) is 0 Å². The SMILES string of the molecule is CCCCOC(=O)C1=C(C)NC(=O)N[C@@H]1c1cccc(OC)c1. The average Bonchev–Trinajstić information content (AvgIpc) is 2.54. The Bertz CT molecular complexity index is 625. The maximum absolute atomic E-state index is 12.4. The zero-order valence-corrected chi connectivity index (χ0v) is 13.6. The Hall–Kier alpha value is -2.50. The number of carbonyl (C=O) groups excluding carboxylic acids is 2. The molecule has 23 heavy (non-hydrogen) atoms. The van der Waals surface area contributed by atoms with Crippen molar-refractivity contribution in [2.75, 3.05) is 13.7 Å². The van der Waals surface area contributed by atoms with Crippen LogP contribution in [0.5, 0.6) is 5.75 Å². The number of methoxy groups -OCH3 is 1. The summed E-state index contributed by atoms with van der Waals surface area (Å²) in [6, 6.07) is 6.35. The molecule has 2 rings (SSSR count). The smallest absolute Gasteiger partial charge is 0.338 e. The minimum atomic E-state index is -0.562. The second-order valence-corrected chi connectivity index (χ2v) is 5.34. The van der Waals surface area contributed by atoms with Crippen LogP contribution in [0.15, 0.2) is 35.5 Å². The van der Waals surface area contributed by atoms with Gasteiger partial charge in [-0.15, -0.1) is 0 Å². The van der Waals surface area contributed by atoms with E-state index in [2.05, 4.69) is 10.6 Å². The fourth-order valence-corrected chi connectivity index (χ4v) is 2.42. The summed E-state index contributed by atoms with van der Waals surface area (Å²) in [5, 5.41) is 5.40. The molecule has 2 amide bonds. The van der Waals surface area contributed by atoms with E-state index in [9.17, 15) is 9.59 Å². The number of rotatable bonds is 6. The third-order valence-corrected chi connectivity index (χ3v) is 3.65. The van der Waals surface area contributed by atoms with Gasteiger partial charge in [0.05, 0.1) is 25.3 Å². The van der Waals surface area contributed by atoms with Crippen LogP contribution in [0.25, 0.3) is 0 Å². The topological polar surface area (TPSA) is 76.7 Å². The summed E-state index contributed by atoms with van der Waals surface area (Å²) >= 11 is 0. The minimum Gasteiger partial charge on any atom is -0.497 e. The average molecular weight is 318 g/mol. The van der Waals surface area contributed by atoms with E-state index in [1.165, 1.54) is 0 Å². The molecule has 6 nitrogen and oxygen atoms in total. The lowest BCUT2D eigenvalue weighted by molar-refractivity contribution is -0.139. The van der Waals surface area contributed by atoms with Gasteiger partial charge in [0.15, 0.2) is 0 Å². The summed E-state index contributed by atoms with van der Waals surface area (Å²) in [7, 11) is 1.57. The van der Waals surface area contributed by atoms with E-state index in [1.807, 2.05) is 25.1 Å². The molecule has 1 heterocycles. The van der Waals surface area contributed by atoms with Gasteiger partial charge in [-0.3, -0.25) is 0 Å². The van der Waals surface area contributed by atoms with Gasteiger partial charge >= 0.3 is 12.0 Å². The van der Waals surface area contributed by atoms with E-state index in [0.717, 1.165) is 18.4 Å². The number of carbonyl (C=O) groups is 2. The molecular formula is C17H22N2O4. The van der Waals surface area contributed by atoms with Gasteiger partial charge in [-0.05, 0) is 31.0 Å². The van der Waals surface area contributed by atoms with Crippen LogP contribution in [0.4, 0.5) is 4.79 Å². The Kier molecular flexibility index (Phi) is 5.62. The van der Waals surface area contributed by atoms with Gasteiger partial charge in [0, 0.05) is 5.70 Å². The highest BCUT2D eigenvalue weighted by molar-refractivity contribution is 5.95. The fraction of sp³-hybridized carbons (Fsp3) is 0.412. The van der Waals surface area contributed by atoms with E-state index in [1.54, 1.807) is 20.1 Å². The summed E-state index contributed by atoms with van der Waals surface area (Å²) in [6.07, 6.45) is 1.75. The van der Waals surface area contributed by atoms with Crippen molar-refractivity contribution in [3.8, 4) is 5.75 Å². The zero-order chi connectivity index (χ0) is 16.8. The first-order valence-corrected chi connectivity index (χ1v) is 7.66. The monoisotopic (exact) mass is 318 g/mol. The van der Waals surface area contributed by atoms with Gasteiger partial charge in [-0.2, -0.15) is 0 Å². The second kappa shape index (κ2) is 7.67. The molecule has 1 aromatic rings. The van der Waals surface area contributed by atoms with E-state index in [4.69, 9.17) is 9.47 Å². The first-order chi connectivity index (χ1) is 11.1. The van der Waals surface area contributed by atoms with Crippen LogP contribution in [0.1, 0.15) is 38.3 Å². The number of hydrogen-bond acceptors (Lipinski definition) is 4. The molecule has 0 fully saturated rings. The molecule has 6 heteroatoms. The van der Waals surface area contributed by atoms with Crippen molar-refractivity contribution >= 4 is 12.0 Å². The zero-order valence-electron chi connectivity index (χ0n) is 13.6. The molecule has 1 aliphatic rings. The Morgan fingerprint density at radius 3 is 2.83 bits per heavy atom. The maximum Gasteiger partial charge on any atom is 0.338 e. The van der Waals surface area contributed by atoms with Crippen LogP contribution in [0.3, 0.4) is 0 Å². The Morgan fingerprint density at radius 1 is 1.35 bits per heavy atom. The third-order valence-electron chi connectivity index (χ3n) is 3.65. The molecule has 0 aliphatic carbocycles. The quantitative estimate of drug-likeness (QED) is 0.624. The normalized spacial score (nSPS) is 17.3. The van der Waals surface area contributed by atoms with Crippen LogP contribution < -0.4 is 15.4 Å².